The fourth-order valence-electron chi connectivity index (χ4n) is 3.09. The average molecular weight is 305 g/mol. The lowest BCUT2D eigenvalue weighted by molar-refractivity contribution is 0.332. The summed E-state index contributed by atoms with van der Waals surface area (Å²) >= 11 is 1.76. The van der Waals surface area contributed by atoms with Crippen molar-refractivity contribution in [3.63, 3.8) is 0 Å². The van der Waals surface area contributed by atoms with E-state index in [9.17, 15) is 0 Å². The molecule has 0 bridgehead atoms. The number of imidazole rings is 1. The van der Waals surface area contributed by atoms with E-state index in [-0.39, 0.29) is 0 Å². The topological polar surface area (TPSA) is 43.9 Å². The molecule has 0 N–H and O–H groups in total. The largest absolute Gasteiger partial charge is 0.360 e. The van der Waals surface area contributed by atoms with Gasteiger partial charge in [-0.25, -0.2) is 4.98 Å². The van der Waals surface area contributed by atoms with Gasteiger partial charge in [-0.15, -0.1) is 0 Å². The molecule has 0 radical (unpaired) electrons. The van der Waals surface area contributed by atoms with Crippen LogP contribution in [0.1, 0.15) is 61.0 Å². The molecular weight excluding hydrogens is 282 g/mol. The van der Waals surface area contributed by atoms with Crippen LogP contribution in [0.25, 0.3) is 0 Å². The third kappa shape index (κ3) is 3.18. The van der Waals surface area contributed by atoms with Crippen LogP contribution in [0.4, 0.5) is 0 Å². The Morgan fingerprint density at radius 3 is 2.67 bits per heavy atom. The molecule has 0 atom stereocenters. The predicted molar refractivity (Wildman–Crippen MR) is 84.6 cm³/mol. The molecule has 2 heterocycles. The van der Waals surface area contributed by atoms with Crippen LogP contribution < -0.4 is 0 Å². The van der Waals surface area contributed by atoms with Crippen LogP contribution in [0.2, 0.25) is 0 Å². The summed E-state index contributed by atoms with van der Waals surface area (Å²) in [6, 6.07) is 2.62. The number of aryl methyl sites for hydroxylation is 2. The van der Waals surface area contributed by atoms with Gasteiger partial charge in [0.25, 0.3) is 0 Å². The molecule has 2 aromatic heterocycles. The minimum atomic E-state index is 0.624. The van der Waals surface area contributed by atoms with Crippen LogP contribution in [0, 0.1) is 20.8 Å². The zero-order valence-electron chi connectivity index (χ0n) is 13.1. The molecule has 2 aromatic rings. The lowest BCUT2D eigenvalue weighted by atomic mass is 9.95. The summed E-state index contributed by atoms with van der Waals surface area (Å²) in [7, 11) is 0. The van der Waals surface area contributed by atoms with Gasteiger partial charge in [-0.1, -0.05) is 36.2 Å². The summed E-state index contributed by atoms with van der Waals surface area (Å²) in [5.41, 5.74) is 3.41. The monoisotopic (exact) mass is 305 g/mol. The second-order valence-electron chi connectivity index (χ2n) is 5.95. The van der Waals surface area contributed by atoms with Crippen molar-refractivity contribution in [1.29, 1.82) is 0 Å². The standard InChI is InChI=1S/C16H23N3OS/c1-11-9-15(20-18-11)10-21-16-17-12(2)13(3)19(16)14-7-5-4-6-8-14/h9,14H,4-8,10H2,1-3H3. The summed E-state index contributed by atoms with van der Waals surface area (Å²) in [5.74, 6) is 1.72. The number of hydrogen-bond donors (Lipinski definition) is 0. The van der Waals surface area contributed by atoms with Gasteiger partial charge in [0.15, 0.2) is 5.16 Å². The van der Waals surface area contributed by atoms with Gasteiger partial charge in [0.1, 0.15) is 5.76 Å². The van der Waals surface area contributed by atoms with Gasteiger partial charge in [-0.05, 0) is 33.6 Å². The molecule has 0 unspecified atom stereocenters. The maximum atomic E-state index is 5.30. The maximum Gasteiger partial charge on any atom is 0.169 e. The number of nitrogens with zero attached hydrogens (tertiary/aromatic N) is 3. The number of hydrogen-bond acceptors (Lipinski definition) is 4. The second kappa shape index (κ2) is 6.26. The van der Waals surface area contributed by atoms with Crippen molar-refractivity contribution in [2.45, 2.75) is 69.8 Å². The smallest absolute Gasteiger partial charge is 0.169 e. The second-order valence-corrected chi connectivity index (χ2v) is 6.89. The van der Waals surface area contributed by atoms with Gasteiger partial charge in [0.2, 0.25) is 0 Å². The maximum absolute atomic E-state index is 5.30. The quantitative estimate of drug-likeness (QED) is 0.775. The highest BCUT2D eigenvalue weighted by molar-refractivity contribution is 7.98. The van der Waals surface area contributed by atoms with Crippen LogP contribution in [0.15, 0.2) is 15.7 Å². The Bertz CT molecular complexity index is 611. The lowest BCUT2D eigenvalue weighted by Crippen LogP contribution is -2.15. The van der Waals surface area contributed by atoms with E-state index in [4.69, 9.17) is 9.51 Å². The predicted octanol–water partition coefficient (Wildman–Crippen LogP) is 4.59. The molecular formula is C16H23N3OS. The minimum Gasteiger partial charge on any atom is -0.360 e. The fraction of sp³-hybridized carbons (Fsp3) is 0.625. The van der Waals surface area contributed by atoms with Crippen LogP contribution in [-0.4, -0.2) is 14.7 Å². The van der Waals surface area contributed by atoms with E-state index in [1.165, 1.54) is 37.8 Å². The van der Waals surface area contributed by atoms with Crippen LogP contribution >= 0.6 is 11.8 Å². The third-order valence-electron chi connectivity index (χ3n) is 4.31. The summed E-state index contributed by atoms with van der Waals surface area (Å²) in [6.45, 7) is 6.26. The molecule has 4 nitrogen and oxygen atoms in total. The van der Waals surface area contributed by atoms with E-state index in [1.807, 2.05) is 13.0 Å². The first-order valence-corrected chi connectivity index (χ1v) is 8.74. The highest BCUT2D eigenvalue weighted by Gasteiger charge is 2.22. The third-order valence-corrected chi connectivity index (χ3v) is 5.29. The first-order chi connectivity index (χ1) is 10.1. The molecule has 1 fully saturated rings. The van der Waals surface area contributed by atoms with Crippen molar-refractivity contribution in [2.24, 2.45) is 0 Å². The Morgan fingerprint density at radius 1 is 1.24 bits per heavy atom. The van der Waals surface area contributed by atoms with E-state index < -0.39 is 0 Å². The van der Waals surface area contributed by atoms with Crippen LogP contribution in [0.5, 0.6) is 0 Å². The summed E-state index contributed by atoms with van der Waals surface area (Å²) in [6.07, 6.45) is 6.62. The molecule has 0 amide bonds. The number of rotatable bonds is 4. The van der Waals surface area contributed by atoms with E-state index in [2.05, 4.69) is 23.6 Å². The molecule has 0 aromatic carbocycles. The van der Waals surface area contributed by atoms with Gasteiger partial charge >= 0.3 is 0 Å². The Hall–Kier alpha value is -1.23. The van der Waals surface area contributed by atoms with Crippen molar-refractivity contribution in [3.8, 4) is 0 Å². The number of thioether (sulfide) groups is 1. The lowest BCUT2D eigenvalue weighted by Gasteiger charge is -2.25. The fourth-order valence-corrected chi connectivity index (χ4v) is 4.12. The molecule has 0 spiro atoms. The van der Waals surface area contributed by atoms with Gasteiger partial charge < -0.3 is 9.09 Å². The molecule has 21 heavy (non-hydrogen) atoms. The molecule has 114 valence electrons. The zero-order chi connectivity index (χ0) is 14.8. The number of aromatic nitrogens is 3. The molecule has 5 heteroatoms. The Kier molecular flexibility index (Phi) is 4.38. The first-order valence-electron chi connectivity index (χ1n) is 7.75. The molecule has 1 aliphatic carbocycles. The highest BCUT2D eigenvalue weighted by Crippen LogP contribution is 2.35. The first kappa shape index (κ1) is 14.7. The normalized spacial score (nSPS) is 16.5. The Morgan fingerprint density at radius 2 is 2.00 bits per heavy atom. The van der Waals surface area contributed by atoms with Crippen molar-refractivity contribution < 1.29 is 4.52 Å². The van der Waals surface area contributed by atoms with Crippen molar-refractivity contribution >= 4 is 11.8 Å². The summed E-state index contributed by atoms with van der Waals surface area (Å²) < 4.78 is 7.76. The minimum absolute atomic E-state index is 0.624. The molecule has 1 saturated carbocycles. The van der Waals surface area contributed by atoms with Gasteiger partial charge in [-0.2, -0.15) is 0 Å². The zero-order valence-corrected chi connectivity index (χ0v) is 13.9. The SMILES string of the molecule is Cc1cc(CSc2nc(C)c(C)n2C2CCCCC2)on1. The van der Waals surface area contributed by atoms with Crippen molar-refractivity contribution in [2.75, 3.05) is 0 Å². The van der Waals surface area contributed by atoms with E-state index in [0.29, 0.717) is 6.04 Å². The van der Waals surface area contributed by atoms with E-state index >= 15 is 0 Å². The Labute approximate surface area is 130 Å². The summed E-state index contributed by atoms with van der Waals surface area (Å²) in [4.78, 5) is 4.77. The van der Waals surface area contributed by atoms with E-state index in [1.54, 1.807) is 11.8 Å². The van der Waals surface area contributed by atoms with Crippen molar-refractivity contribution in [3.05, 3.63) is 28.9 Å². The highest BCUT2D eigenvalue weighted by atomic mass is 32.2. The van der Waals surface area contributed by atoms with Crippen molar-refractivity contribution in [1.82, 2.24) is 14.7 Å². The van der Waals surface area contributed by atoms with Gasteiger partial charge in [-0.3, -0.25) is 0 Å². The molecule has 0 saturated heterocycles. The Balaban J connectivity index is 1.79. The van der Waals surface area contributed by atoms with Gasteiger partial charge in [0.05, 0.1) is 17.1 Å². The van der Waals surface area contributed by atoms with Crippen LogP contribution in [0.3, 0.4) is 0 Å². The van der Waals surface area contributed by atoms with E-state index in [0.717, 1.165) is 28.1 Å². The molecule has 3 rings (SSSR count). The summed E-state index contributed by atoms with van der Waals surface area (Å²) in [5, 5.41) is 5.08. The molecule has 1 aliphatic rings. The van der Waals surface area contributed by atoms with Crippen LogP contribution in [-0.2, 0) is 5.75 Å². The van der Waals surface area contributed by atoms with Gasteiger partial charge in [0, 0.05) is 17.8 Å². The molecule has 0 aliphatic heterocycles. The average Bonchev–Trinajstić information content (AvgIpc) is 3.02.